The zero-order chi connectivity index (χ0) is 11.1. The van der Waals surface area contributed by atoms with Gasteiger partial charge in [-0.15, -0.1) is 0 Å². The molecule has 0 saturated heterocycles. The maximum absolute atomic E-state index is 13.0. The molecule has 0 aliphatic carbocycles. The molecule has 1 N–H and O–H groups in total. The smallest absolute Gasteiger partial charge is 0.124 e. The van der Waals surface area contributed by atoms with Crippen LogP contribution in [0, 0.1) is 0 Å². The van der Waals surface area contributed by atoms with Gasteiger partial charge in [0.25, 0.3) is 0 Å². The lowest BCUT2D eigenvalue weighted by Gasteiger charge is -2.15. The van der Waals surface area contributed by atoms with E-state index in [0.717, 1.165) is 5.56 Å². The van der Waals surface area contributed by atoms with E-state index in [1.165, 1.54) is 0 Å². The van der Waals surface area contributed by atoms with Crippen molar-refractivity contribution >= 4 is 12.1 Å². The molecule has 1 nitrogen and oxygen atoms in total. The van der Waals surface area contributed by atoms with E-state index < -0.39 is 6.17 Å². The van der Waals surface area contributed by atoms with Gasteiger partial charge in [0, 0.05) is 24.7 Å². The number of alkyl halides is 1. The average molecular weight is 231 g/mol. The maximum atomic E-state index is 13.0. The van der Waals surface area contributed by atoms with Crippen LogP contribution in [0.3, 0.4) is 0 Å². The number of hydrogen-bond acceptors (Lipinski definition) is 2. The molecule has 1 rings (SSSR count). The molecule has 0 aliphatic rings. The van der Waals surface area contributed by atoms with Crippen LogP contribution in [-0.2, 0) is 0 Å². The topological polar surface area (TPSA) is 12.0 Å². The van der Waals surface area contributed by atoms with E-state index >= 15 is 0 Å². The molecule has 15 heavy (non-hydrogen) atoms. The maximum Gasteiger partial charge on any atom is 0.124 e. The van der Waals surface area contributed by atoms with Crippen LogP contribution in [0.15, 0.2) is 30.3 Å². The van der Waals surface area contributed by atoms with Gasteiger partial charge in [-0.3, -0.25) is 0 Å². The first-order valence-corrected chi connectivity index (χ1v) is 5.78. The van der Waals surface area contributed by atoms with Crippen molar-refractivity contribution in [2.75, 3.05) is 12.3 Å². The Morgan fingerprint density at radius 2 is 2.00 bits per heavy atom. The van der Waals surface area contributed by atoms with E-state index in [0.29, 0.717) is 0 Å². The highest BCUT2D eigenvalue weighted by atomic mass is 32.2. The number of rotatable bonds is 6. The molecule has 84 valence electrons. The van der Waals surface area contributed by atoms with Crippen LogP contribution in [0.2, 0.25) is 0 Å². The normalized spacial score (nSPS) is 14.9. The molecule has 2 atom stereocenters. The van der Waals surface area contributed by atoms with E-state index in [9.17, 15) is 8.28 Å². The van der Waals surface area contributed by atoms with Crippen molar-refractivity contribution in [3.05, 3.63) is 35.9 Å². The van der Waals surface area contributed by atoms with Crippen LogP contribution >= 0.6 is 12.1 Å². The van der Waals surface area contributed by atoms with Crippen molar-refractivity contribution in [3.63, 3.8) is 0 Å². The first kappa shape index (κ1) is 12.5. The van der Waals surface area contributed by atoms with Gasteiger partial charge in [-0.2, -0.15) is 3.89 Å². The van der Waals surface area contributed by atoms with Crippen LogP contribution in [-0.4, -0.2) is 18.5 Å². The van der Waals surface area contributed by atoms with Gasteiger partial charge in [0.15, 0.2) is 0 Å². The molecular formula is C11H15F2NS. The van der Waals surface area contributed by atoms with Crippen molar-refractivity contribution in [1.82, 2.24) is 5.32 Å². The Hall–Kier alpha value is -0.610. The Morgan fingerprint density at radius 3 is 2.60 bits per heavy atom. The number of nitrogens with one attached hydrogen (secondary N) is 1. The quantitative estimate of drug-likeness (QED) is 0.806. The molecule has 4 heteroatoms. The molecule has 0 amide bonds. The van der Waals surface area contributed by atoms with Crippen molar-refractivity contribution in [2.24, 2.45) is 0 Å². The second-order valence-electron chi connectivity index (χ2n) is 3.41. The molecule has 1 aromatic carbocycles. The Labute approximate surface area is 93.6 Å². The van der Waals surface area contributed by atoms with Gasteiger partial charge < -0.3 is 5.32 Å². The molecule has 1 aromatic rings. The zero-order valence-corrected chi connectivity index (χ0v) is 9.44. The minimum absolute atomic E-state index is 0.0422. The van der Waals surface area contributed by atoms with Gasteiger partial charge in [0.1, 0.15) is 6.17 Å². The number of hydrogen-bond donors (Lipinski definition) is 1. The SMILES string of the molecule is CC(NCC(F)CSF)c1ccccc1. The molecule has 0 aliphatic heterocycles. The molecule has 2 unspecified atom stereocenters. The summed E-state index contributed by atoms with van der Waals surface area (Å²) in [6, 6.07) is 9.88. The highest BCUT2D eigenvalue weighted by molar-refractivity contribution is 7.94. The lowest BCUT2D eigenvalue weighted by Crippen LogP contribution is -2.27. The predicted molar refractivity (Wildman–Crippen MR) is 61.3 cm³/mol. The van der Waals surface area contributed by atoms with Gasteiger partial charge in [-0.1, -0.05) is 30.3 Å². The summed E-state index contributed by atoms with van der Waals surface area (Å²) in [5, 5.41) is 3.03. The van der Waals surface area contributed by atoms with E-state index in [2.05, 4.69) is 5.32 Å². The Balaban J connectivity index is 2.33. The highest BCUT2D eigenvalue weighted by Crippen LogP contribution is 2.12. The minimum Gasteiger partial charge on any atom is -0.307 e. The summed E-state index contributed by atoms with van der Waals surface area (Å²) in [4.78, 5) is 0. The third-order valence-corrected chi connectivity index (χ3v) is 2.68. The van der Waals surface area contributed by atoms with Crippen molar-refractivity contribution in [2.45, 2.75) is 19.1 Å². The monoisotopic (exact) mass is 231 g/mol. The first-order valence-electron chi connectivity index (χ1n) is 4.90. The van der Waals surface area contributed by atoms with Crippen LogP contribution in [0.1, 0.15) is 18.5 Å². The molecule has 0 bridgehead atoms. The molecule has 0 aromatic heterocycles. The molecule has 0 radical (unpaired) electrons. The largest absolute Gasteiger partial charge is 0.307 e. The summed E-state index contributed by atoms with van der Waals surface area (Å²) in [7, 11) is 0. The third-order valence-electron chi connectivity index (χ3n) is 2.19. The lowest BCUT2D eigenvalue weighted by molar-refractivity contribution is 0.337. The second-order valence-corrected chi connectivity index (χ2v) is 3.97. The van der Waals surface area contributed by atoms with Gasteiger partial charge in [-0.25, -0.2) is 4.39 Å². The van der Waals surface area contributed by atoms with Crippen molar-refractivity contribution in [1.29, 1.82) is 0 Å². The summed E-state index contributed by atoms with van der Waals surface area (Å²) >= 11 is 0.0422. The summed E-state index contributed by atoms with van der Waals surface area (Å²) in [6.07, 6.45) is -1.13. The molecular weight excluding hydrogens is 216 g/mol. The Bertz CT molecular complexity index is 269. The summed E-state index contributed by atoms with van der Waals surface area (Å²) in [5.74, 6) is -0.103. The highest BCUT2D eigenvalue weighted by Gasteiger charge is 2.09. The second kappa shape index (κ2) is 6.80. The van der Waals surface area contributed by atoms with Crippen LogP contribution in [0.4, 0.5) is 8.28 Å². The van der Waals surface area contributed by atoms with Crippen LogP contribution in [0.25, 0.3) is 0 Å². The van der Waals surface area contributed by atoms with Crippen LogP contribution in [0.5, 0.6) is 0 Å². The van der Waals surface area contributed by atoms with E-state index in [1.807, 2.05) is 37.3 Å². The standard InChI is InChI=1S/C11H15F2NS/c1-9(10-5-3-2-4-6-10)14-7-11(12)8-15-13/h2-6,9,11,14H,7-8H2,1H3. The Morgan fingerprint density at radius 1 is 1.33 bits per heavy atom. The fourth-order valence-electron chi connectivity index (χ4n) is 1.29. The fourth-order valence-corrected chi connectivity index (χ4v) is 1.55. The molecule has 0 saturated carbocycles. The molecule has 0 heterocycles. The number of benzene rings is 1. The van der Waals surface area contributed by atoms with E-state index in [4.69, 9.17) is 0 Å². The summed E-state index contributed by atoms with van der Waals surface area (Å²) in [6.45, 7) is 2.15. The third kappa shape index (κ3) is 4.62. The van der Waals surface area contributed by atoms with Gasteiger partial charge in [-0.05, 0) is 12.5 Å². The summed E-state index contributed by atoms with van der Waals surface area (Å²) in [5.41, 5.74) is 1.11. The van der Waals surface area contributed by atoms with Crippen molar-refractivity contribution < 1.29 is 8.28 Å². The fraction of sp³-hybridized carbons (Fsp3) is 0.455. The average Bonchev–Trinajstić information content (AvgIpc) is 2.27. The Kier molecular flexibility index (Phi) is 5.65. The van der Waals surface area contributed by atoms with Gasteiger partial charge in [0.2, 0.25) is 0 Å². The van der Waals surface area contributed by atoms with Gasteiger partial charge in [0.05, 0.1) is 5.75 Å². The molecule has 0 spiro atoms. The number of halogens is 2. The van der Waals surface area contributed by atoms with E-state index in [-0.39, 0.29) is 30.5 Å². The van der Waals surface area contributed by atoms with Crippen LogP contribution < -0.4 is 5.32 Å². The minimum atomic E-state index is -1.13. The predicted octanol–water partition coefficient (Wildman–Crippen LogP) is 3.29. The molecule has 0 fully saturated rings. The van der Waals surface area contributed by atoms with Crippen molar-refractivity contribution in [3.8, 4) is 0 Å². The zero-order valence-electron chi connectivity index (χ0n) is 8.62. The summed E-state index contributed by atoms with van der Waals surface area (Å²) < 4.78 is 24.7. The van der Waals surface area contributed by atoms with Gasteiger partial charge >= 0.3 is 0 Å². The lowest BCUT2D eigenvalue weighted by atomic mass is 10.1. The van der Waals surface area contributed by atoms with E-state index in [1.54, 1.807) is 0 Å². The first-order chi connectivity index (χ1) is 7.24.